The maximum absolute atomic E-state index is 11.9. The van der Waals surface area contributed by atoms with E-state index < -0.39 is 12.3 Å². The summed E-state index contributed by atoms with van der Waals surface area (Å²) in [6, 6.07) is 0. The summed E-state index contributed by atoms with van der Waals surface area (Å²) < 4.78 is 23.7. The van der Waals surface area contributed by atoms with Gasteiger partial charge in [-0.05, 0) is 44.7 Å². The van der Waals surface area contributed by atoms with Crippen molar-refractivity contribution < 1.29 is 13.6 Å². The lowest BCUT2D eigenvalue weighted by Gasteiger charge is -2.30. The van der Waals surface area contributed by atoms with Gasteiger partial charge in [0.1, 0.15) is 0 Å². The van der Waals surface area contributed by atoms with Gasteiger partial charge in [-0.2, -0.15) is 8.78 Å². The molecule has 0 bridgehead atoms. The Hall–Kier alpha value is -0.710. The molecule has 0 saturated carbocycles. The Balaban J connectivity index is 1.98. The first-order chi connectivity index (χ1) is 8.09. The highest BCUT2D eigenvalue weighted by molar-refractivity contribution is 5.78. The third kappa shape index (κ3) is 5.96. The fourth-order valence-electron chi connectivity index (χ4n) is 2.24. The first-order valence-corrected chi connectivity index (χ1v) is 6.38. The molecular formula is C12H22F2N2O. The molecule has 0 unspecified atom stereocenters. The predicted octanol–water partition coefficient (Wildman–Crippen LogP) is 1.88. The smallest absolute Gasteiger partial charge is 0.315 e. The first-order valence-electron chi connectivity index (χ1n) is 6.38. The number of hydrogen-bond acceptors (Lipinski definition) is 2. The van der Waals surface area contributed by atoms with Crippen molar-refractivity contribution in [2.45, 2.75) is 39.0 Å². The van der Waals surface area contributed by atoms with Gasteiger partial charge in [-0.15, -0.1) is 0 Å². The molecule has 1 aliphatic heterocycles. The van der Waals surface area contributed by atoms with Gasteiger partial charge in [0.25, 0.3) is 5.91 Å². The van der Waals surface area contributed by atoms with Crippen molar-refractivity contribution in [3.05, 3.63) is 0 Å². The van der Waals surface area contributed by atoms with E-state index in [0.717, 1.165) is 38.4 Å². The minimum atomic E-state index is -2.89. The van der Waals surface area contributed by atoms with Crippen molar-refractivity contribution in [1.29, 1.82) is 0 Å². The van der Waals surface area contributed by atoms with Crippen LogP contribution in [0.1, 0.15) is 32.6 Å². The summed E-state index contributed by atoms with van der Waals surface area (Å²) in [7, 11) is 0. The number of alkyl halides is 2. The van der Waals surface area contributed by atoms with Crippen LogP contribution in [0.2, 0.25) is 0 Å². The quantitative estimate of drug-likeness (QED) is 0.728. The van der Waals surface area contributed by atoms with E-state index in [0.29, 0.717) is 6.54 Å². The Bertz CT molecular complexity index is 237. The molecule has 1 N–H and O–H groups in total. The van der Waals surface area contributed by atoms with Crippen molar-refractivity contribution in [1.82, 2.24) is 10.2 Å². The van der Waals surface area contributed by atoms with Crippen molar-refractivity contribution >= 4 is 5.91 Å². The summed E-state index contributed by atoms with van der Waals surface area (Å²) in [5, 5.41) is 2.22. The number of piperidine rings is 1. The topological polar surface area (TPSA) is 32.3 Å². The van der Waals surface area contributed by atoms with Crippen LogP contribution in [-0.4, -0.2) is 43.4 Å². The second-order valence-corrected chi connectivity index (χ2v) is 4.85. The zero-order valence-corrected chi connectivity index (χ0v) is 10.4. The van der Waals surface area contributed by atoms with Crippen LogP contribution in [0.25, 0.3) is 0 Å². The molecular weight excluding hydrogens is 226 g/mol. The molecule has 0 aromatic heterocycles. The largest absolute Gasteiger partial charge is 0.351 e. The van der Waals surface area contributed by atoms with E-state index in [9.17, 15) is 13.6 Å². The fourth-order valence-corrected chi connectivity index (χ4v) is 2.24. The number of rotatable bonds is 6. The van der Waals surface area contributed by atoms with Gasteiger partial charge in [0.2, 0.25) is 0 Å². The van der Waals surface area contributed by atoms with Gasteiger partial charge in [0, 0.05) is 13.1 Å². The van der Waals surface area contributed by atoms with Crippen molar-refractivity contribution in [3.8, 4) is 0 Å². The lowest BCUT2D eigenvalue weighted by atomic mass is 10.0. The molecule has 1 fully saturated rings. The number of amides is 1. The highest BCUT2D eigenvalue weighted by Crippen LogP contribution is 2.15. The van der Waals surface area contributed by atoms with E-state index in [4.69, 9.17) is 0 Å². The van der Waals surface area contributed by atoms with Gasteiger partial charge < -0.3 is 10.2 Å². The van der Waals surface area contributed by atoms with E-state index in [2.05, 4.69) is 17.1 Å². The van der Waals surface area contributed by atoms with Gasteiger partial charge >= 0.3 is 6.43 Å². The number of nitrogens with one attached hydrogen (secondary N) is 1. The number of likely N-dealkylation sites (tertiary alicyclic amines) is 1. The fraction of sp³-hybridized carbons (Fsp3) is 0.917. The van der Waals surface area contributed by atoms with Crippen LogP contribution >= 0.6 is 0 Å². The molecule has 1 aliphatic rings. The summed E-state index contributed by atoms with van der Waals surface area (Å²) in [6.07, 6.45) is 1.39. The minimum Gasteiger partial charge on any atom is -0.351 e. The zero-order valence-electron chi connectivity index (χ0n) is 10.4. The van der Waals surface area contributed by atoms with E-state index in [1.807, 2.05) is 0 Å². The Labute approximate surface area is 102 Å². The van der Waals surface area contributed by atoms with Gasteiger partial charge in [-0.1, -0.05) is 6.92 Å². The minimum absolute atomic E-state index is 0.354. The average molecular weight is 248 g/mol. The Morgan fingerprint density at radius 2 is 2.24 bits per heavy atom. The van der Waals surface area contributed by atoms with Crippen LogP contribution in [0.5, 0.6) is 0 Å². The predicted molar refractivity (Wildman–Crippen MR) is 63.1 cm³/mol. The number of unbranched alkanes of at least 4 members (excludes halogenated alkanes) is 1. The molecule has 0 aliphatic carbocycles. The maximum Gasteiger partial charge on any atom is 0.315 e. The second kappa shape index (κ2) is 7.58. The Kier molecular flexibility index (Phi) is 6.40. The van der Waals surface area contributed by atoms with Crippen LogP contribution in [0, 0.1) is 5.92 Å². The number of carbonyl (C=O) groups excluding carboxylic acids is 1. The lowest BCUT2D eigenvalue weighted by Crippen LogP contribution is -2.35. The highest BCUT2D eigenvalue weighted by Gasteiger charge is 2.16. The molecule has 1 saturated heterocycles. The van der Waals surface area contributed by atoms with Crippen LogP contribution < -0.4 is 5.32 Å². The third-order valence-electron chi connectivity index (χ3n) is 3.14. The van der Waals surface area contributed by atoms with Crippen molar-refractivity contribution in [3.63, 3.8) is 0 Å². The molecule has 17 heavy (non-hydrogen) atoms. The van der Waals surface area contributed by atoms with Gasteiger partial charge in [-0.3, -0.25) is 4.79 Å². The molecule has 0 aromatic carbocycles. The maximum atomic E-state index is 11.9. The van der Waals surface area contributed by atoms with Crippen LogP contribution in [-0.2, 0) is 4.79 Å². The van der Waals surface area contributed by atoms with Crippen molar-refractivity contribution in [2.24, 2.45) is 5.92 Å². The van der Waals surface area contributed by atoms with E-state index in [1.54, 1.807) is 0 Å². The van der Waals surface area contributed by atoms with Crippen LogP contribution in [0.4, 0.5) is 8.78 Å². The molecule has 5 heteroatoms. The van der Waals surface area contributed by atoms with Crippen molar-refractivity contribution in [2.75, 3.05) is 26.2 Å². The third-order valence-corrected chi connectivity index (χ3v) is 3.14. The molecule has 1 heterocycles. The average Bonchev–Trinajstić information content (AvgIpc) is 2.28. The lowest BCUT2D eigenvalue weighted by molar-refractivity contribution is -0.131. The molecule has 100 valence electrons. The molecule has 1 amide bonds. The zero-order chi connectivity index (χ0) is 12.7. The Morgan fingerprint density at radius 1 is 1.47 bits per heavy atom. The Morgan fingerprint density at radius 3 is 2.88 bits per heavy atom. The summed E-state index contributed by atoms with van der Waals surface area (Å²) in [4.78, 5) is 13.0. The summed E-state index contributed by atoms with van der Waals surface area (Å²) in [5.41, 5.74) is 0. The van der Waals surface area contributed by atoms with Crippen LogP contribution in [0.3, 0.4) is 0 Å². The van der Waals surface area contributed by atoms with E-state index in [-0.39, 0.29) is 0 Å². The monoisotopic (exact) mass is 248 g/mol. The normalized spacial score (nSPS) is 21.8. The number of hydrogen-bond donors (Lipinski definition) is 1. The standard InChI is InChI=1S/C12H22F2N2O/c1-10-5-4-8-16(9-10)7-3-2-6-15-12(17)11(13)14/h10-11H,2-9H2,1H3,(H,15,17)/t10-/m1/s1. The molecule has 1 atom stereocenters. The summed E-state index contributed by atoms with van der Waals surface area (Å²) >= 11 is 0. The van der Waals surface area contributed by atoms with E-state index in [1.165, 1.54) is 12.8 Å². The van der Waals surface area contributed by atoms with E-state index >= 15 is 0 Å². The molecule has 0 aromatic rings. The highest BCUT2D eigenvalue weighted by atomic mass is 19.3. The second-order valence-electron chi connectivity index (χ2n) is 4.85. The summed E-state index contributed by atoms with van der Waals surface area (Å²) in [6.45, 7) is 5.91. The first kappa shape index (κ1) is 14.4. The van der Waals surface area contributed by atoms with Gasteiger partial charge in [-0.25, -0.2) is 0 Å². The van der Waals surface area contributed by atoms with Crippen LogP contribution in [0.15, 0.2) is 0 Å². The number of halogens is 2. The van der Waals surface area contributed by atoms with Gasteiger partial charge in [0.15, 0.2) is 0 Å². The molecule has 3 nitrogen and oxygen atoms in total. The molecule has 0 radical (unpaired) electrons. The number of carbonyl (C=O) groups is 1. The summed E-state index contributed by atoms with van der Waals surface area (Å²) in [5.74, 6) is -0.390. The molecule has 1 rings (SSSR count). The number of nitrogens with zero attached hydrogens (tertiary/aromatic N) is 1. The molecule has 0 spiro atoms. The SMILES string of the molecule is C[C@@H]1CCCN(CCCCNC(=O)C(F)F)C1. The van der Waals surface area contributed by atoms with Gasteiger partial charge in [0.05, 0.1) is 0 Å².